The number of hydrogen-bond donors (Lipinski definition) is 0. The van der Waals surface area contributed by atoms with E-state index in [0.717, 1.165) is 0 Å². The lowest BCUT2D eigenvalue weighted by Gasteiger charge is -1.90. The van der Waals surface area contributed by atoms with Crippen molar-refractivity contribution in [1.82, 2.24) is 0 Å². The molecule has 0 saturated carbocycles. The summed E-state index contributed by atoms with van der Waals surface area (Å²) in [5.74, 6) is 0. The van der Waals surface area contributed by atoms with Crippen molar-refractivity contribution in [2.75, 3.05) is 0 Å². The fraction of sp³-hybridized carbons (Fsp3) is 0. The maximum Gasteiger partial charge on any atom is 0.0710 e. The molecule has 0 spiro atoms. The average Bonchev–Trinajstić information content (AvgIpc) is 2.62. The zero-order chi connectivity index (χ0) is 9.26. The van der Waals surface area contributed by atoms with Crippen molar-refractivity contribution < 1.29 is 0 Å². The summed E-state index contributed by atoms with van der Waals surface area (Å²) in [5.41, 5.74) is 0. The van der Waals surface area contributed by atoms with Crippen LogP contribution in [0.2, 0.25) is 0 Å². The molecule has 0 aliphatic heterocycles. The SMILES string of the molecule is Brc1ccc(Sc2ccc(Br)s2)s1. The fourth-order valence-electron chi connectivity index (χ4n) is 0.804. The van der Waals surface area contributed by atoms with Gasteiger partial charge in [-0.3, -0.25) is 0 Å². The molecule has 0 saturated heterocycles. The van der Waals surface area contributed by atoms with E-state index in [1.54, 1.807) is 34.4 Å². The van der Waals surface area contributed by atoms with E-state index in [1.807, 2.05) is 0 Å². The first-order chi connectivity index (χ1) is 6.24. The Bertz CT molecular complexity index is 367. The van der Waals surface area contributed by atoms with Crippen LogP contribution in [0.25, 0.3) is 0 Å². The summed E-state index contributed by atoms with van der Waals surface area (Å²) in [5, 5.41) is 0. The van der Waals surface area contributed by atoms with Crippen LogP contribution in [0.3, 0.4) is 0 Å². The molecule has 0 radical (unpaired) electrons. The van der Waals surface area contributed by atoms with Gasteiger partial charge in [-0.05, 0) is 56.1 Å². The highest BCUT2D eigenvalue weighted by molar-refractivity contribution is 9.11. The van der Waals surface area contributed by atoms with Crippen LogP contribution < -0.4 is 0 Å². The van der Waals surface area contributed by atoms with Gasteiger partial charge in [0.15, 0.2) is 0 Å². The van der Waals surface area contributed by atoms with E-state index < -0.39 is 0 Å². The third-order valence-electron chi connectivity index (χ3n) is 1.30. The van der Waals surface area contributed by atoms with E-state index in [-0.39, 0.29) is 0 Å². The Hall–Kier alpha value is 0.710. The Kier molecular flexibility index (Phi) is 3.53. The summed E-state index contributed by atoms with van der Waals surface area (Å²) in [7, 11) is 0. The van der Waals surface area contributed by atoms with E-state index in [1.165, 1.54) is 16.0 Å². The van der Waals surface area contributed by atoms with Crippen LogP contribution in [0.15, 0.2) is 40.3 Å². The molecule has 0 fully saturated rings. The predicted octanol–water partition coefficient (Wildman–Crippen LogP) is 5.49. The van der Waals surface area contributed by atoms with Gasteiger partial charge >= 0.3 is 0 Å². The Balaban J connectivity index is 2.14. The zero-order valence-corrected chi connectivity index (χ0v) is 11.9. The van der Waals surface area contributed by atoms with Crippen LogP contribution in [0.5, 0.6) is 0 Å². The molecule has 2 aromatic heterocycles. The topological polar surface area (TPSA) is 0 Å². The number of halogens is 2. The second-order valence-corrected chi connectivity index (χ2v) is 8.75. The minimum atomic E-state index is 1.19. The van der Waals surface area contributed by atoms with Crippen molar-refractivity contribution in [3.05, 3.63) is 31.8 Å². The molecule has 0 bridgehead atoms. The van der Waals surface area contributed by atoms with Gasteiger partial charge in [-0.1, -0.05) is 11.8 Å². The average molecular weight is 356 g/mol. The minimum absolute atomic E-state index is 1.19. The van der Waals surface area contributed by atoms with Gasteiger partial charge in [0.1, 0.15) is 0 Å². The Morgan fingerprint density at radius 1 is 0.846 bits per heavy atom. The molecule has 0 N–H and O–H groups in total. The van der Waals surface area contributed by atoms with E-state index in [4.69, 9.17) is 0 Å². The number of hydrogen-bond acceptors (Lipinski definition) is 3. The Morgan fingerprint density at radius 3 is 1.62 bits per heavy atom. The van der Waals surface area contributed by atoms with Crippen molar-refractivity contribution in [2.45, 2.75) is 8.42 Å². The molecule has 2 rings (SSSR count). The maximum absolute atomic E-state index is 3.45. The third kappa shape index (κ3) is 2.83. The fourth-order valence-corrected chi connectivity index (χ4v) is 5.73. The molecule has 0 nitrogen and oxygen atoms in total. The van der Waals surface area contributed by atoms with Gasteiger partial charge in [-0.25, -0.2) is 0 Å². The highest BCUT2D eigenvalue weighted by Crippen LogP contribution is 2.39. The van der Waals surface area contributed by atoms with E-state index in [0.29, 0.717) is 0 Å². The molecule has 0 aliphatic rings. The van der Waals surface area contributed by atoms with Crippen LogP contribution in [-0.2, 0) is 0 Å². The number of rotatable bonds is 2. The zero-order valence-electron chi connectivity index (χ0n) is 6.29. The summed E-state index contributed by atoms with van der Waals surface area (Å²) in [6.45, 7) is 0. The monoisotopic (exact) mass is 354 g/mol. The molecule has 0 amide bonds. The Labute approximate surface area is 106 Å². The van der Waals surface area contributed by atoms with Gasteiger partial charge in [0.25, 0.3) is 0 Å². The Morgan fingerprint density at radius 2 is 1.31 bits per heavy atom. The van der Waals surface area contributed by atoms with Crippen molar-refractivity contribution in [1.29, 1.82) is 0 Å². The third-order valence-corrected chi connectivity index (χ3v) is 5.81. The highest BCUT2D eigenvalue weighted by atomic mass is 79.9. The van der Waals surface area contributed by atoms with Gasteiger partial charge in [-0.2, -0.15) is 0 Å². The summed E-state index contributed by atoms with van der Waals surface area (Å²) < 4.78 is 5.01. The number of thiophene rings is 2. The second-order valence-electron chi connectivity index (χ2n) is 2.22. The van der Waals surface area contributed by atoms with Crippen molar-refractivity contribution in [2.24, 2.45) is 0 Å². The van der Waals surface area contributed by atoms with Crippen molar-refractivity contribution in [3.63, 3.8) is 0 Å². The largest absolute Gasteiger partial charge is 0.121 e. The lowest BCUT2D eigenvalue weighted by Crippen LogP contribution is -1.54. The van der Waals surface area contributed by atoms with Crippen LogP contribution >= 0.6 is 66.3 Å². The van der Waals surface area contributed by atoms with Crippen LogP contribution in [0.1, 0.15) is 0 Å². The molecule has 0 atom stereocenters. The van der Waals surface area contributed by atoms with Gasteiger partial charge < -0.3 is 0 Å². The minimum Gasteiger partial charge on any atom is -0.121 e. The molecule has 5 heteroatoms. The quantitative estimate of drug-likeness (QED) is 0.686. The first-order valence-electron chi connectivity index (χ1n) is 3.42. The highest BCUT2D eigenvalue weighted by Gasteiger charge is 2.02. The van der Waals surface area contributed by atoms with Gasteiger partial charge in [0.2, 0.25) is 0 Å². The standard InChI is InChI=1S/C8H4Br2S3/c9-5-1-3-7(11-5)13-8-4-2-6(10)12-8/h1-4H. The molecular weight excluding hydrogens is 352 g/mol. The van der Waals surface area contributed by atoms with Crippen molar-refractivity contribution in [3.8, 4) is 0 Å². The molecule has 2 heterocycles. The van der Waals surface area contributed by atoms with Crippen LogP contribution in [0, 0.1) is 0 Å². The molecule has 68 valence electrons. The second kappa shape index (κ2) is 4.49. The molecule has 0 unspecified atom stereocenters. The van der Waals surface area contributed by atoms with Crippen LogP contribution in [-0.4, -0.2) is 0 Å². The van der Waals surface area contributed by atoms with E-state index >= 15 is 0 Å². The summed E-state index contributed by atoms with van der Waals surface area (Å²) in [6, 6.07) is 8.42. The maximum atomic E-state index is 3.45. The lowest BCUT2D eigenvalue weighted by atomic mass is 10.7. The van der Waals surface area contributed by atoms with Crippen LogP contribution in [0.4, 0.5) is 0 Å². The molecule has 0 aliphatic carbocycles. The molecule has 13 heavy (non-hydrogen) atoms. The summed E-state index contributed by atoms with van der Waals surface area (Å²) in [6.07, 6.45) is 0. The normalized spacial score (nSPS) is 10.6. The first-order valence-corrected chi connectivity index (χ1v) is 7.46. The van der Waals surface area contributed by atoms with Crippen molar-refractivity contribution >= 4 is 66.3 Å². The van der Waals surface area contributed by atoms with Gasteiger partial charge in [-0.15, -0.1) is 22.7 Å². The molecule has 2 aromatic rings. The van der Waals surface area contributed by atoms with Gasteiger partial charge in [0, 0.05) is 0 Å². The summed E-state index contributed by atoms with van der Waals surface area (Å²) in [4.78, 5) is 0. The lowest BCUT2D eigenvalue weighted by molar-refractivity contribution is 1.67. The van der Waals surface area contributed by atoms with E-state index in [2.05, 4.69) is 56.1 Å². The summed E-state index contributed by atoms with van der Waals surface area (Å²) >= 11 is 12.2. The smallest absolute Gasteiger partial charge is 0.0710 e. The predicted molar refractivity (Wildman–Crippen MR) is 68.2 cm³/mol. The van der Waals surface area contributed by atoms with Gasteiger partial charge in [0.05, 0.1) is 16.0 Å². The van der Waals surface area contributed by atoms with E-state index in [9.17, 15) is 0 Å². The molecule has 0 aromatic carbocycles. The first kappa shape index (κ1) is 10.2. The molecular formula is C8H4Br2S3.